The van der Waals surface area contributed by atoms with Crippen LogP contribution in [0.3, 0.4) is 0 Å². The number of urea groups is 1. The van der Waals surface area contributed by atoms with Crippen LogP contribution in [0.4, 0.5) is 10.6 Å². The molecule has 8 heteroatoms. The van der Waals surface area contributed by atoms with Crippen molar-refractivity contribution in [1.82, 2.24) is 15.3 Å². The number of benzene rings is 2. The minimum atomic E-state index is -1.19. The summed E-state index contributed by atoms with van der Waals surface area (Å²) in [5, 5.41) is 18.4. The highest BCUT2D eigenvalue weighted by Gasteiger charge is 2.30. The zero-order valence-electron chi connectivity index (χ0n) is 16.9. The van der Waals surface area contributed by atoms with Crippen molar-refractivity contribution in [3.63, 3.8) is 0 Å². The normalized spacial score (nSPS) is 12.3. The summed E-state index contributed by atoms with van der Waals surface area (Å²) in [5.41, 5.74) is 4.54. The van der Waals surface area contributed by atoms with E-state index in [0.717, 1.165) is 26.9 Å². The second-order valence-corrected chi connectivity index (χ2v) is 9.21. The van der Waals surface area contributed by atoms with Crippen molar-refractivity contribution in [2.24, 2.45) is 0 Å². The zero-order valence-corrected chi connectivity index (χ0v) is 18.6. The number of amides is 2. The molecule has 0 aliphatic heterocycles. The van der Waals surface area contributed by atoms with Crippen molar-refractivity contribution in [3.05, 3.63) is 63.9 Å². The highest BCUT2D eigenvalue weighted by Crippen LogP contribution is 2.33. The predicted molar refractivity (Wildman–Crippen MR) is 126 cm³/mol. The number of thiazole rings is 2. The Morgan fingerprint density at radius 3 is 2.65 bits per heavy atom. The molecule has 0 saturated carbocycles. The summed E-state index contributed by atoms with van der Waals surface area (Å²) in [5.74, 6) is 2.81. The lowest BCUT2D eigenvalue weighted by atomic mass is 9.90. The SMILES string of the molecule is C#Cc1nc(NC(=O)NC(c2ccc(-c3cccc4ncsc34)cc2)C(C)(C)O)cs1. The lowest BCUT2D eigenvalue weighted by Gasteiger charge is -2.30. The van der Waals surface area contributed by atoms with Crippen LogP contribution in [-0.4, -0.2) is 26.7 Å². The second-order valence-electron chi connectivity index (χ2n) is 7.50. The number of hydrogen-bond donors (Lipinski definition) is 3. The van der Waals surface area contributed by atoms with Crippen LogP contribution in [0.15, 0.2) is 53.4 Å². The average molecular weight is 449 g/mol. The maximum Gasteiger partial charge on any atom is 0.321 e. The first-order valence-electron chi connectivity index (χ1n) is 9.50. The lowest BCUT2D eigenvalue weighted by molar-refractivity contribution is 0.0415. The number of carbonyl (C=O) groups excluding carboxylic acids is 1. The smallest absolute Gasteiger partial charge is 0.321 e. The number of hydrogen-bond acceptors (Lipinski definition) is 6. The molecule has 0 aliphatic carbocycles. The number of nitrogens with zero attached hydrogens (tertiary/aromatic N) is 2. The molecule has 4 rings (SSSR count). The van der Waals surface area contributed by atoms with Gasteiger partial charge in [0.05, 0.1) is 27.4 Å². The number of rotatable bonds is 5. The number of nitrogens with one attached hydrogen (secondary N) is 2. The molecule has 0 saturated heterocycles. The van der Waals surface area contributed by atoms with Gasteiger partial charge in [0.15, 0.2) is 5.01 Å². The molecule has 0 fully saturated rings. The number of carbonyl (C=O) groups is 1. The Labute approximate surface area is 188 Å². The Morgan fingerprint density at radius 1 is 1.19 bits per heavy atom. The third-order valence-corrected chi connectivity index (χ3v) is 6.41. The summed E-state index contributed by atoms with van der Waals surface area (Å²) < 4.78 is 1.13. The number of aromatic nitrogens is 2. The monoisotopic (exact) mass is 448 g/mol. The highest BCUT2D eigenvalue weighted by molar-refractivity contribution is 7.17. The van der Waals surface area contributed by atoms with E-state index in [-0.39, 0.29) is 0 Å². The van der Waals surface area contributed by atoms with Crippen LogP contribution in [0.1, 0.15) is 30.5 Å². The van der Waals surface area contributed by atoms with Crippen molar-refractivity contribution in [3.8, 4) is 23.5 Å². The fourth-order valence-electron chi connectivity index (χ4n) is 3.32. The third-order valence-electron chi connectivity index (χ3n) is 4.76. The fourth-order valence-corrected chi connectivity index (χ4v) is 4.70. The number of fused-ring (bicyclic) bond motifs is 1. The molecular weight excluding hydrogens is 428 g/mol. The molecule has 2 aromatic heterocycles. The first kappa shape index (κ1) is 21.0. The molecule has 156 valence electrons. The molecule has 3 N–H and O–H groups in total. The first-order chi connectivity index (χ1) is 14.8. The van der Waals surface area contributed by atoms with Gasteiger partial charge < -0.3 is 10.4 Å². The van der Waals surface area contributed by atoms with Crippen molar-refractivity contribution in [1.29, 1.82) is 0 Å². The van der Waals surface area contributed by atoms with Gasteiger partial charge in [0.25, 0.3) is 0 Å². The molecular formula is C23H20N4O2S2. The number of aliphatic hydroxyl groups is 1. The zero-order chi connectivity index (χ0) is 22.0. The van der Waals surface area contributed by atoms with Gasteiger partial charge in [0, 0.05) is 10.9 Å². The molecule has 2 heterocycles. The van der Waals surface area contributed by atoms with Gasteiger partial charge in [-0.2, -0.15) is 0 Å². The summed E-state index contributed by atoms with van der Waals surface area (Å²) in [6.07, 6.45) is 5.32. The van der Waals surface area contributed by atoms with Gasteiger partial charge in [-0.15, -0.1) is 29.1 Å². The van der Waals surface area contributed by atoms with Crippen molar-refractivity contribution in [2.45, 2.75) is 25.5 Å². The maximum atomic E-state index is 12.5. The molecule has 0 bridgehead atoms. The van der Waals surface area contributed by atoms with Crippen molar-refractivity contribution >= 4 is 44.7 Å². The van der Waals surface area contributed by atoms with Crippen LogP contribution < -0.4 is 10.6 Å². The standard InChI is InChI=1S/C23H20N4O2S2/c1-4-19-25-18(12-30-19)26-22(28)27-21(23(2,3)29)15-10-8-14(9-11-15)16-6-5-7-17-20(16)31-13-24-17/h1,5-13,21,29H,2-3H3,(H2,26,27,28). The van der Waals surface area contributed by atoms with E-state index in [9.17, 15) is 9.90 Å². The van der Waals surface area contributed by atoms with Gasteiger partial charge in [0.1, 0.15) is 5.82 Å². The van der Waals surface area contributed by atoms with Crippen molar-refractivity contribution < 1.29 is 9.90 Å². The van der Waals surface area contributed by atoms with E-state index in [1.807, 2.05) is 41.9 Å². The molecule has 2 aromatic carbocycles. The molecule has 6 nitrogen and oxygen atoms in total. The minimum Gasteiger partial charge on any atom is -0.388 e. The van der Waals surface area contributed by atoms with E-state index in [2.05, 4.69) is 32.6 Å². The Hall–Kier alpha value is -3.25. The Balaban J connectivity index is 1.56. The Bertz CT molecular complexity index is 1260. The maximum absolute atomic E-state index is 12.5. The van der Waals surface area contributed by atoms with Crippen LogP contribution >= 0.6 is 22.7 Å². The first-order valence-corrected chi connectivity index (χ1v) is 11.3. The van der Waals surface area contributed by atoms with Crippen LogP contribution in [-0.2, 0) is 0 Å². The largest absolute Gasteiger partial charge is 0.388 e. The summed E-state index contributed by atoms with van der Waals surface area (Å²) in [6.45, 7) is 3.31. The third kappa shape index (κ3) is 4.59. The van der Waals surface area contributed by atoms with Gasteiger partial charge in [0.2, 0.25) is 0 Å². The minimum absolute atomic E-state index is 0.373. The fraction of sp³-hybridized carbons (Fsp3) is 0.174. The highest BCUT2D eigenvalue weighted by atomic mass is 32.1. The number of anilines is 1. The van der Waals surface area contributed by atoms with Gasteiger partial charge in [-0.05, 0) is 37.0 Å². The molecule has 0 radical (unpaired) electrons. The quantitative estimate of drug-likeness (QED) is 0.374. The summed E-state index contributed by atoms with van der Waals surface area (Å²) in [4.78, 5) is 21.0. The second kappa shape index (κ2) is 8.47. The molecule has 31 heavy (non-hydrogen) atoms. The summed E-state index contributed by atoms with van der Waals surface area (Å²) in [6, 6.07) is 12.7. The van der Waals surface area contributed by atoms with E-state index in [1.165, 1.54) is 11.3 Å². The summed E-state index contributed by atoms with van der Waals surface area (Å²) >= 11 is 2.87. The van der Waals surface area contributed by atoms with E-state index in [1.54, 1.807) is 30.6 Å². The topological polar surface area (TPSA) is 87.1 Å². The van der Waals surface area contributed by atoms with E-state index in [0.29, 0.717) is 10.8 Å². The molecule has 0 spiro atoms. The van der Waals surface area contributed by atoms with Gasteiger partial charge in [-0.25, -0.2) is 14.8 Å². The lowest BCUT2D eigenvalue weighted by Crippen LogP contribution is -2.43. The molecule has 1 atom stereocenters. The van der Waals surface area contributed by atoms with Crippen LogP contribution in [0.5, 0.6) is 0 Å². The van der Waals surface area contributed by atoms with E-state index >= 15 is 0 Å². The molecule has 0 aliphatic rings. The Morgan fingerprint density at radius 2 is 1.97 bits per heavy atom. The average Bonchev–Trinajstić information content (AvgIpc) is 3.40. The van der Waals surface area contributed by atoms with Crippen LogP contribution in [0.25, 0.3) is 21.3 Å². The van der Waals surface area contributed by atoms with Crippen molar-refractivity contribution in [2.75, 3.05) is 5.32 Å². The molecule has 1 unspecified atom stereocenters. The molecule has 4 aromatic rings. The number of terminal acetylenes is 1. The van der Waals surface area contributed by atoms with E-state index < -0.39 is 17.7 Å². The van der Waals surface area contributed by atoms with E-state index in [4.69, 9.17) is 6.42 Å². The van der Waals surface area contributed by atoms with Crippen LogP contribution in [0, 0.1) is 12.3 Å². The van der Waals surface area contributed by atoms with Crippen LogP contribution in [0.2, 0.25) is 0 Å². The summed E-state index contributed by atoms with van der Waals surface area (Å²) in [7, 11) is 0. The van der Waals surface area contributed by atoms with Gasteiger partial charge in [-0.1, -0.05) is 36.4 Å². The van der Waals surface area contributed by atoms with Gasteiger partial charge >= 0.3 is 6.03 Å². The van der Waals surface area contributed by atoms with Gasteiger partial charge in [-0.3, -0.25) is 5.32 Å². The predicted octanol–water partition coefficient (Wildman–Crippen LogP) is 5.03. The molecule has 2 amide bonds. The Kier molecular flexibility index (Phi) is 5.74.